The zero-order valence-electron chi connectivity index (χ0n) is 15.3. The summed E-state index contributed by atoms with van der Waals surface area (Å²) in [5.41, 5.74) is 1.22. The van der Waals surface area contributed by atoms with E-state index in [2.05, 4.69) is 55.4 Å². The summed E-state index contributed by atoms with van der Waals surface area (Å²) in [5.74, 6) is 3.31. The minimum Gasteiger partial charge on any atom is -0.380 e. The van der Waals surface area contributed by atoms with Crippen molar-refractivity contribution >= 4 is 0 Å². The molecule has 0 aromatic heterocycles. The van der Waals surface area contributed by atoms with Gasteiger partial charge < -0.3 is 4.74 Å². The van der Waals surface area contributed by atoms with Crippen LogP contribution in [0.4, 0.5) is 0 Å². The van der Waals surface area contributed by atoms with E-state index in [-0.39, 0.29) is 14.9 Å². The van der Waals surface area contributed by atoms with Crippen LogP contribution in [0, 0.1) is 34.5 Å². The summed E-state index contributed by atoms with van der Waals surface area (Å²) in [7, 11) is 0. The van der Waals surface area contributed by atoms with Crippen LogP contribution in [-0.4, -0.2) is 13.2 Å². The zero-order valence-corrected chi connectivity index (χ0v) is 15.3. The highest BCUT2D eigenvalue weighted by atomic mass is 16.5. The van der Waals surface area contributed by atoms with Gasteiger partial charge in [-0.3, -0.25) is 0 Å². The van der Waals surface area contributed by atoms with Crippen LogP contribution in [0.5, 0.6) is 0 Å². The predicted molar refractivity (Wildman–Crippen MR) is 102 cm³/mol. The van der Waals surface area contributed by atoms with E-state index in [4.69, 9.17) is 4.74 Å². The Hall–Kier alpha value is -0.0400. The van der Waals surface area contributed by atoms with Crippen LogP contribution in [0.1, 0.15) is 89.5 Å². The van der Waals surface area contributed by atoms with Crippen molar-refractivity contribution in [2.45, 2.75) is 89.5 Å². The van der Waals surface area contributed by atoms with E-state index in [1.54, 1.807) is 0 Å². The highest BCUT2D eigenvalue weighted by Gasteiger charge is 2.44. The van der Waals surface area contributed by atoms with Crippen molar-refractivity contribution in [1.82, 2.24) is 0 Å². The zero-order chi connectivity index (χ0) is 15.6. The van der Waals surface area contributed by atoms with Gasteiger partial charge in [-0.05, 0) is 41.9 Å². The van der Waals surface area contributed by atoms with Gasteiger partial charge in [0.05, 0.1) is 13.2 Å². The average molecular weight is 315 g/mol. The summed E-state index contributed by atoms with van der Waals surface area (Å²) in [6.07, 6.45) is 4.42. The first-order valence-corrected chi connectivity index (χ1v) is 8.77. The van der Waals surface area contributed by atoms with Gasteiger partial charge in [0.25, 0.3) is 0 Å². The Bertz CT molecular complexity index is 230. The fraction of sp³-hybridized carbons (Fsp3) is 1.00. The molecule has 0 atom stereocenters. The summed E-state index contributed by atoms with van der Waals surface area (Å²) >= 11 is 0. The fourth-order valence-electron chi connectivity index (χ4n) is 4.08. The molecular weight excluding hydrogens is 268 g/mol. The quantitative estimate of drug-likeness (QED) is 0.540. The lowest BCUT2D eigenvalue weighted by atomic mass is 9.56. The Labute approximate surface area is 142 Å². The molecule has 136 valence electrons. The molecular formula is C21H46O. The van der Waals surface area contributed by atoms with E-state index in [9.17, 15) is 0 Å². The molecule has 0 amide bonds. The normalized spacial score (nSPS) is 21.3. The Morgan fingerprint density at radius 2 is 0.909 bits per heavy atom. The van der Waals surface area contributed by atoms with Crippen LogP contribution >= 0.6 is 0 Å². The maximum atomic E-state index is 5.26. The first-order valence-electron chi connectivity index (χ1n) is 8.77. The summed E-state index contributed by atoms with van der Waals surface area (Å²) in [6.45, 7) is 20.6. The molecule has 1 aliphatic carbocycles. The summed E-state index contributed by atoms with van der Waals surface area (Å²) in [4.78, 5) is 0. The van der Waals surface area contributed by atoms with E-state index in [0.29, 0.717) is 5.41 Å². The Kier molecular flexibility index (Phi) is 10.2. The minimum atomic E-state index is 0. The maximum absolute atomic E-state index is 5.26. The molecule has 0 aromatic rings. The van der Waals surface area contributed by atoms with Crippen LogP contribution in [0.25, 0.3) is 0 Å². The van der Waals surface area contributed by atoms with Crippen molar-refractivity contribution in [2.75, 3.05) is 13.2 Å². The predicted octanol–water partition coefficient (Wildman–Crippen LogP) is 7.06. The summed E-state index contributed by atoms with van der Waals surface area (Å²) < 4.78 is 5.26. The van der Waals surface area contributed by atoms with Crippen molar-refractivity contribution < 1.29 is 4.74 Å². The average Bonchev–Trinajstić information content (AvgIpc) is 2.10. The molecule has 1 aliphatic heterocycles. The number of ether oxygens (including phenoxy) is 1. The molecule has 2 rings (SSSR count). The molecule has 1 nitrogen and oxygen atoms in total. The van der Waals surface area contributed by atoms with Crippen molar-refractivity contribution in [3.63, 3.8) is 0 Å². The second-order valence-corrected chi connectivity index (χ2v) is 8.43. The lowest BCUT2D eigenvalue weighted by molar-refractivity contribution is -0.164. The maximum Gasteiger partial charge on any atom is 0.0549 e. The van der Waals surface area contributed by atoms with Gasteiger partial charge in [0, 0.05) is 5.41 Å². The fourth-order valence-corrected chi connectivity index (χ4v) is 4.08. The number of hydrogen-bond donors (Lipinski definition) is 0. The lowest BCUT2D eigenvalue weighted by Crippen LogP contribution is -2.50. The van der Waals surface area contributed by atoms with Crippen LogP contribution in [0.3, 0.4) is 0 Å². The van der Waals surface area contributed by atoms with E-state index < -0.39 is 0 Å². The van der Waals surface area contributed by atoms with Crippen molar-refractivity contribution in [3.05, 3.63) is 0 Å². The van der Waals surface area contributed by atoms with Gasteiger partial charge in [-0.1, -0.05) is 76.7 Å². The Morgan fingerprint density at radius 3 is 0.909 bits per heavy atom. The van der Waals surface area contributed by atoms with Gasteiger partial charge in [0.15, 0.2) is 0 Å². The van der Waals surface area contributed by atoms with Crippen molar-refractivity contribution in [3.8, 4) is 0 Å². The SMILES string of the molecule is C.C.CC(C)C1(C(C)C)CCC1.CC(C)C1(C(C)C)COC1. The third kappa shape index (κ3) is 4.49. The van der Waals surface area contributed by atoms with Crippen LogP contribution in [-0.2, 0) is 4.74 Å². The molecule has 0 radical (unpaired) electrons. The van der Waals surface area contributed by atoms with Gasteiger partial charge in [-0.15, -0.1) is 0 Å². The largest absolute Gasteiger partial charge is 0.380 e. The standard InChI is InChI=1S/C10H20.C9H18O.2CH4/c1-8(2)10(9(3)4)6-5-7-10;1-7(2)9(8(3)4)5-10-6-9;;/h8-9H,5-7H2,1-4H3;7-8H,5-6H2,1-4H3;2*1H4. The van der Waals surface area contributed by atoms with E-state index in [1.165, 1.54) is 19.3 Å². The molecule has 1 heterocycles. The second kappa shape index (κ2) is 9.30. The molecule has 0 unspecified atom stereocenters. The van der Waals surface area contributed by atoms with Gasteiger partial charge in [0.2, 0.25) is 0 Å². The van der Waals surface area contributed by atoms with Gasteiger partial charge in [0.1, 0.15) is 0 Å². The summed E-state index contributed by atoms with van der Waals surface area (Å²) in [6, 6.07) is 0. The van der Waals surface area contributed by atoms with Crippen LogP contribution in [0.2, 0.25) is 0 Å². The van der Waals surface area contributed by atoms with E-state index >= 15 is 0 Å². The molecule has 0 bridgehead atoms. The van der Waals surface area contributed by atoms with Crippen molar-refractivity contribution in [2.24, 2.45) is 34.5 Å². The van der Waals surface area contributed by atoms with Gasteiger partial charge in [-0.25, -0.2) is 0 Å². The third-order valence-corrected chi connectivity index (χ3v) is 6.63. The highest BCUT2D eigenvalue weighted by Crippen LogP contribution is 2.52. The van der Waals surface area contributed by atoms with Crippen LogP contribution < -0.4 is 0 Å². The Balaban J connectivity index is 0. The monoisotopic (exact) mass is 314 g/mol. The summed E-state index contributed by atoms with van der Waals surface area (Å²) in [5, 5.41) is 0. The van der Waals surface area contributed by atoms with Gasteiger partial charge in [-0.2, -0.15) is 0 Å². The smallest absolute Gasteiger partial charge is 0.0549 e. The molecule has 2 fully saturated rings. The molecule has 1 heteroatoms. The first kappa shape index (κ1) is 24.2. The molecule has 0 spiro atoms. The number of hydrogen-bond acceptors (Lipinski definition) is 1. The van der Waals surface area contributed by atoms with Crippen molar-refractivity contribution in [1.29, 1.82) is 0 Å². The molecule has 1 saturated carbocycles. The Morgan fingerprint density at radius 1 is 0.591 bits per heavy atom. The number of rotatable bonds is 4. The molecule has 0 N–H and O–H groups in total. The minimum absolute atomic E-state index is 0. The van der Waals surface area contributed by atoms with E-state index in [0.717, 1.165) is 42.3 Å². The molecule has 0 aromatic carbocycles. The second-order valence-electron chi connectivity index (χ2n) is 8.43. The highest BCUT2D eigenvalue weighted by molar-refractivity contribution is 4.92. The molecule has 1 saturated heterocycles. The first-order chi connectivity index (χ1) is 9.19. The van der Waals surface area contributed by atoms with E-state index in [1.807, 2.05) is 0 Å². The third-order valence-electron chi connectivity index (χ3n) is 6.63. The van der Waals surface area contributed by atoms with Crippen LogP contribution in [0.15, 0.2) is 0 Å². The molecule has 2 aliphatic rings. The lowest BCUT2D eigenvalue weighted by Gasteiger charge is -2.49. The van der Waals surface area contributed by atoms with Gasteiger partial charge >= 0.3 is 0 Å². The molecule has 22 heavy (non-hydrogen) atoms. The topological polar surface area (TPSA) is 9.23 Å².